The van der Waals surface area contributed by atoms with E-state index in [2.05, 4.69) is 10.1 Å². The molecule has 2 rings (SSSR count). The Hall–Kier alpha value is -2.05. The molecule has 0 aliphatic rings. The van der Waals surface area contributed by atoms with Crippen LogP contribution in [0.2, 0.25) is 10.0 Å². The first kappa shape index (κ1) is 20.3. The van der Waals surface area contributed by atoms with E-state index in [4.69, 9.17) is 27.9 Å². The Kier molecular flexibility index (Phi) is 7.48. The molecule has 0 aromatic heterocycles. The summed E-state index contributed by atoms with van der Waals surface area (Å²) in [5, 5.41) is 3.59. The fraction of sp³-hybridized carbons (Fsp3) is 0.278. The lowest BCUT2D eigenvalue weighted by Gasteiger charge is -2.12. The van der Waals surface area contributed by atoms with Crippen molar-refractivity contribution in [1.29, 1.82) is 0 Å². The second-order valence-corrected chi connectivity index (χ2v) is 6.20. The van der Waals surface area contributed by atoms with Crippen LogP contribution in [0.4, 0.5) is 8.78 Å². The van der Waals surface area contributed by atoms with Gasteiger partial charge < -0.3 is 14.8 Å². The summed E-state index contributed by atoms with van der Waals surface area (Å²) in [5.74, 6) is 0.000731. The van der Waals surface area contributed by atoms with Gasteiger partial charge in [-0.3, -0.25) is 4.79 Å². The Labute approximate surface area is 160 Å². The average Bonchev–Trinajstić information content (AvgIpc) is 2.58. The van der Waals surface area contributed by atoms with Crippen molar-refractivity contribution in [3.63, 3.8) is 0 Å². The normalized spacial score (nSPS) is 10.7. The number of carbonyl (C=O) groups excluding carboxylic acids is 1. The third-order valence-electron chi connectivity index (χ3n) is 3.53. The minimum absolute atomic E-state index is 0.0397. The van der Waals surface area contributed by atoms with E-state index in [9.17, 15) is 13.6 Å². The van der Waals surface area contributed by atoms with E-state index in [-0.39, 0.29) is 23.8 Å². The van der Waals surface area contributed by atoms with Crippen molar-refractivity contribution in [1.82, 2.24) is 5.32 Å². The quantitative estimate of drug-likeness (QED) is 0.705. The first-order valence-electron chi connectivity index (χ1n) is 7.71. The number of methoxy groups -OCH3 is 1. The van der Waals surface area contributed by atoms with Gasteiger partial charge in [-0.15, -0.1) is 0 Å². The molecule has 4 nitrogen and oxygen atoms in total. The third kappa shape index (κ3) is 6.04. The zero-order valence-corrected chi connectivity index (χ0v) is 15.4. The summed E-state index contributed by atoms with van der Waals surface area (Å²) in [4.78, 5) is 12.0. The SMILES string of the molecule is COc1ccc(CCNC(=O)Cc2ccc(Cl)c(Cl)c2)cc1OC(F)F. The molecule has 26 heavy (non-hydrogen) atoms. The number of hydrogen-bond acceptors (Lipinski definition) is 3. The van der Waals surface area contributed by atoms with Crippen LogP contribution >= 0.6 is 23.2 Å². The number of benzene rings is 2. The fourth-order valence-electron chi connectivity index (χ4n) is 2.31. The number of ether oxygens (including phenoxy) is 2. The molecule has 0 aliphatic carbocycles. The maximum absolute atomic E-state index is 12.4. The molecule has 0 atom stereocenters. The van der Waals surface area contributed by atoms with Gasteiger partial charge in [0.25, 0.3) is 0 Å². The van der Waals surface area contributed by atoms with Crippen LogP contribution in [0.3, 0.4) is 0 Å². The predicted octanol–water partition coefficient (Wildman–Crippen LogP) is 4.50. The number of nitrogens with one attached hydrogen (secondary N) is 1. The van der Waals surface area contributed by atoms with Gasteiger partial charge >= 0.3 is 6.61 Å². The maximum atomic E-state index is 12.4. The number of amides is 1. The van der Waals surface area contributed by atoms with E-state index in [1.54, 1.807) is 30.3 Å². The van der Waals surface area contributed by atoms with Gasteiger partial charge in [-0.25, -0.2) is 0 Å². The highest BCUT2D eigenvalue weighted by molar-refractivity contribution is 6.42. The standard InChI is InChI=1S/C18H17Cl2F2NO3/c1-25-15-5-3-11(9-16(15)26-18(21)22)6-7-23-17(24)10-12-2-4-13(19)14(20)8-12/h2-5,8-9,18H,6-7,10H2,1H3,(H,23,24). The molecule has 1 N–H and O–H groups in total. The number of rotatable bonds is 8. The summed E-state index contributed by atoms with van der Waals surface area (Å²) in [6.45, 7) is -2.59. The van der Waals surface area contributed by atoms with Gasteiger partial charge in [-0.05, 0) is 41.8 Å². The summed E-state index contributed by atoms with van der Waals surface area (Å²) in [5.41, 5.74) is 1.48. The smallest absolute Gasteiger partial charge is 0.387 e. The Morgan fingerprint density at radius 3 is 2.46 bits per heavy atom. The maximum Gasteiger partial charge on any atom is 0.387 e. The van der Waals surface area contributed by atoms with Crippen molar-refractivity contribution in [2.24, 2.45) is 0 Å². The number of hydrogen-bond donors (Lipinski definition) is 1. The number of carbonyl (C=O) groups is 1. The van der Waals surface area contributed by atoms with Crippen molar-refractivity contribution in [2.75, 3.05) is 13.7 Å². The highest BCUT2D eigenvalue weighted by Crippen LogP contribution is 2.29. The van der Waals surface area contributed by atoms with Gasteiger partial charge in [0, 0.05) is 6.54 Å². The average molecular weight is 404 g/mol. The Balaban J connectivity index is 1.88. The van der Waals surface area contributed by atoms with Gasteiger partial charge in [0.1, 0.15) is 0 Å². The van der Waals surface area contributed by atoms with Crippen LogP contribution in [-0.4, -0.2) is 26.2 Å². The summed E-state index contributed by atoms with van der Waals surface area (Å²) >= 11 is 11.8. The second kappa shape index (κ2) is 9.59. The van der Waals surface area contributed by atoms with Gasteiger partial charge in [0.2, 0.25) is 5.91 Å². The summed E-state index contributed by atoms with van der Waals surface area (Å²) < 4.78 is 34.3. The van der Waals surface area contributed by atoms with Crippen LogP contribution in [0, 0.1) is 0 Å². The monoisotopic (exact) mass is 403 g/mol. The molecule has 140 valence electrons. The first-order chi connectivity index (χ1) is 12.4. The first-order valence-corrected chi connectivity index (χ1v) is 8.47. The van der Waals surface area contributed by atoms with Crippen molar-refractivity contribution < 1.29 is 23.0 Å². The molecule has 0 heterocycles. The summed E-state index contributed by atoms with van der Waals surface area (Å²) in [6.07, 6.45) is 0.621. The van der Waals surface area contributed by atoms with E-state index >= 15 is 0 Å². The number of alkyl halides is 2. The molecule has 1 amide bonds. The molecule has 0 radical (unpaired) electrons. The van der Waals surface area contributed by atoms with Gasteiger partial charge in [-0.2, -0.15) is 8.78 Å². The second-order valence-electron chi connectivity index (χ2n) is 5.39. The van der Waals surface area contributed by atoms with Crippen LogP contribution in [0.15, 0.2) is 36.4 Å². The fourth-order valence-corrected chi connectivity index (χ4v) is 2.63. The van der Waals surface area contributed by atoms with Crippen molar-refractivity contribution >= 4 is 29.1 Å². The lowest BCUT2D eigenvalue weighted by Crippen LogP contribution is -2.27. The van der Waals surface area contributed by atoms with Crippen molar-refractivity contribution in [3.8, 4) is 11.5 Å². The highest BCUT2D eigenvalue weighted by Gasteiger charge is 2.11. The van der Waals surface area contributed by atoms with Gasteiger partial charge in [0.05, 0.1) is 23.6 Å². The molecule has 0 fully saturated rings. The topological polar surface area (TPSA) is 47.6 Å². The Morgan fingerprint density at radius 2 is 1.81 bits per heavy atom. The van der Waals surface area contributed by atoms with Gasteiger partial charge in [-0.1, -0.05) is 35.3 Å². The van der Waals surface area contributed by atoms with Crippen molar-refractivity contribution in [3.05, 3.63) is 57.6 Å². The Bertz CT molecular complexity index is 772. The van der Waals surface area contributed by atoms with E-state index in [1.807, 2.05) is 0 Å². The molecule has 2 aromatic rings. The predicted molar refractivity (Wildman–Crippen MR) is 96.5 cm³/mol. The lowest BCUT2D eigenvalue weighted by molar-refractivity contribution is -0.120. The zero-order chi connectivity index (χ0) is 19.1. The van der Waals surface area contributed by atoms with Gasteiger partial charge in [0.15, 0.2) is 11.5 Å². The molecule has 8 heteroatoms. The lowest BCUT2D eigenvalue weighted by atomic mass is 10.1. The van der Waals surface area contributed by atoms with Crippen LogP contribution in [0.1, 0.15) is 11.1 Å². The largest absolute Gasteiger partial charge is 0.493 e. The summed E-state index contributed by atoms with van der Waals surface area (Å²) in [7, 11) is 1.37. The molecule has 0 saturated heterocycles. The molecule has 0 unspecified atom stereocenters. The molecule has 0 spiro atoms. The van der Waals surface area contributed by atoms with Crippen molar-refractivity contribution in [2.45, 2.75) is 19.5 Å². The van der Waals surface area contributed by atoms with E-state index in [0.717, 1.165) is 11.1 Å². The zero-order valence-electron chi connectivity index (χ0n) is 13.9. The summed E-state index contributed by atoms with van der Waals surface area (Å²) in [6, 6.07) is 9.74. The number of halogens is 4. The van der Waals surface area contributed by atoms with Crippen LogP contribution in [0.5, 0.6) is 11.5 Å². The third-order valence-corrected chi connectivity index (χ3v) is 4.27. The van der Waals surface area contributed by atoms with Crippen LogP contribution in [-0.2, 0) is 17.6 Å². The van der Waals surface area contributed by atoms with E-state index in [1.165, 1.54) is 13.2 Å². The molecule has 2 aromatic carbocycles. The highest BCUT2D eigenvalue weighted by atomic mass is 35.5. The molecular weight excluding hydrogens is 387 g/mol. The van der Waals surface area contributed by atoms with E-state index < -0.39 is 6.61 Å². The molecule has 0 saturated carbocycles. The minimum Gasteiger partial charge on any atom is -0.493 e. The molecule has 0 aliphatic heterocycles. The van der Waals surface area contributed by atoms with Crippen LogP contribution < -0.4 is 14.8 Å². The van der Waals surface area contributed by atoms with E-state index in [0.29, 0.717) is 23.0 Å². The minimum atomic E-state index is -2.94. The van der Waals surface area contributed by atoms with Crippen LogP contribution in [0.25, 0.3) is 0 Å². The molecule has 0 bridgehead atoms. The Morgan fingerprint density at radius 1 is 1.08 bits per heavy atom. The molecular formula is C18H17Cl2F2NO3.